The molecule has 0 saturated carbocycles. The number of methoxy groups -OCH3 is 1. The lowest BCUT2D eigenvalue weighted by molar-refractivity contribution is -0.115. The number of carbonyl (C=O) groups excluding carboxylic acids is 2. The van der Waals surface area contributed by atoms with Gasteiger partial charge in [0.15, 0.2) is 0 Å². The number of hydrogen-bond acceptors (Lipinski definition) is 4. The minimum absolute atomic E-state index is 0.338. The average Bonchev–Trinajstić information content (AvgIpc) is 2.36. The first-order valence-corrected chi connectivity index (χ1v) is 5.42. The molecule has 1 aromatic rings. The van der Waals surface area contributed by atoms with E-state index in [0.717, 1.165) is 31.4 Å². The van der Waals surface area contributed by atoms with Crippen molar-refractivity contribution >= 4 is 12.6 Å². The van der Waals surface area contributed by atoms with E-state index in [2.05, 4.69) is 4.90 Å². The van der Waals surface area contributed by atoms with E-state index in [-0.39, 0.29) is 0 Å². The molecular formula is C13H17NO3. The van der Waals surface area contributed by atoms with Crippen LogP contribution in [0, 0.1) is 5.92 Å². The first-order valence-electron chi connectivity index (χ1n) is 5.42. The fraction of sp³-hybridized carbons (Fsp3) is 0.385. The standard InChI is InChI=1S/C8H8O2.C5H9NO/c1-10-8-4-2-7(6-9)3-5-8;1-6-2-5(3-6)4-7/h2-6H,1H3;4-5H,2-3H2,1H3. The van der Waals surface area contributed by atoms with Crippen molar-refractivity contribution in [2.75, 3.05) is 27.2 Å². The third-order valence-corrected chi connectivity index (χ3v) is 2.54. The molecule has 0 aromatic heterocycles. The zero-order chi connectivity index (χ0) is 12.7. The number of hydrogen-bond donors (Lipinski definition) is 0. The molecule has 2 rings (SSSR count). The van der Waals surface area contributed by atoms with E-state index in [1.165, 1.54) is 0 Å². The molecule has 4 heteroatoms. The monoisotopic (exact) mass is 235 g/mol. The third-order valence-electron chi connectivity index (χ3n) is 2.54. The summed E-state index contributed by atoms with van der Waals surface area (Å²) in [4.78, 5) is 22.2. The van der Waals surface area contributed by atoms with Crippen molar-refractivity contribution in [1.29, 1.82) is 0 Å². The summed E-state index contributed by atoms with van der Waals surface area (Å²) in [6, 6.07) is 6.94. The molecule has 1 aromatic carbocycles. The molecule has 0 amide bonds. The molecule has 92 valence electrons. The van der Waals surface area contributed by atoms with E-state index in [9.17, 15) is 9.59 Å². The van der Waals surface area contributed by atoms with Crippen molar-refractivity contribution < 1.29 is 14.3 Å². The lowest BCUT2D eigenvalue weighted by Gasteiger charge is -2.31. The van der Waals surface area contributed by atoms with Gasteiger partial charge in [0.1, 0.15) is 18.3 Å². The molecule has 0 unspecified atom stereocenters. The fourth-order valence-electron chi connectivity index (χ4n) is 1.52. The Morgan fingerprint density at radius 2 is 1.82 bits per heavy atom. The first kappa shape index (κ1) is 13.4. The summed E-state index contributed by atoms with van der Waals surface area (Å²) in [5, 5.41) is 0. The molecule has 0 N–H and O–H groups in total. The second-order valence-corrected chi connectivity index (χ2v) is 4.01. The topological polar surface area (TPSA) is 46.6 Å². The Hall–Kier alpha value is -1.68. The number of rotatable bonds is 3. The second-order valence-electron chi connectivity index (χ2n) is 4.01. The van der Waals surface area contributed by atoms with Crippen molar-refractivity contribution in [3.8, 4) is 5.75 Å². The summed E-state index contributed by atoms with van der Waals surface area (Å²) >= 11 is 0. The Bertz CT molecular complexity index is 355. The van der Waals surface area contributed by atoms with Crippen molar-refractivity contribution in [3.63, 3.8) is 0 Å². The van der Waals surface area contributed by atoms with Crippen LogP contribution in [0.3, 0.4) is 0 Å². The van der Waals surface area contributed by atoms with Gasteiger partial charge in [0.25, 0.3) is 0 Å². The maximum Gasteiger partial charge on any atom is 0.150 e. The quantitative estimate of drug-likeness (QED) is 0.740. The molecule has 0 atom stereocenters. The van der Waals surface area contributed by atoms with Crippen LogP contribution < -0.4 is 4.74 Å². The summed E-state index contributed by atoms with van der Waals surface area (Å²) in [5.74, 6) is 1.11. The van der Waals surface area contributed by atoms with Gasteiger partial charge in [-0.2, -0.15) is 0 Å². The number of aldehydes is 2. The molecule has 4 nitrogen and oxygen atoms in total. The maximum atomic E-state index is 10.2. The van der Waals surface area contributed by atoms with E-state index in [4.69, 9.17) is 4.74 Å². The molecule has 1 aliphatic heterocycles. The van der Waals surface area contributed by atoms with E-state index < -0.39 is 0 Å². The Balaban J connectivity index is 0.000000181. The number of carbonyl (C=O) groups is 2. The van der Waals surface area contributed by atoms with E-state index >= 15 is 0 Å². The van der Waals surface area contributed by atoms with Gasteiger partial charge in [0.05, 0.1) is 7.11 Å². The lowest BCUT2D eigenvalue weighted by Crippen LogP contribution is -2.44. The Morgan fingerprint density at radius 1 is 1.24 bits per heavy atom. The summed E-state index contributed by atoms with van der Waals surface area (Å²) in [7, 11) is 3.61. The second kappa shape index (κ2) is 6.81. The highest BCUT2D eigenvalue weighted by molar-refractivity contribution is 5.74. The Morgan fingerprint density at radius 3 is 2.12 bits per heavy atom. The molecule has 17 heavy (non-hydrogen) atoms. The van der Waals surface area contributed by atoms with Gasteiger partial charge < -0.3 is 14.4 Å². The average molecular weight is 235 g/mol. The third kappa shape index (κ3) is 4.36. The SMILES string of the molecule is CN1CC(C=O)C1.COc1ccc(C=O)cc1. The highest BCUT2D eigenvalue weighted by atomic mass is 16.5. The van der Waals surface area contributed by atoms with E-state index in [1.807, 2.05) is 7.05 Å². The van der Waals surface area contributed by atoms with Crippen LogP contribution in [0.15, 0.2) is 24.3 Å². The van der Waals surface area contributed by atoms with Crippen LogP contribution >= 0.6 is 0 Å². The van der Waals surface area contributed by atoms with Crippen LogP contribution in [0.1, 0.15) is 10.4 Å². The number of likely N-dealkylation sites (tertiary alicyclic amines) is 1. The normalized spacial score (nSPS) is 15.2. The summed E-state index contributed by atoms with van der Waals surface area (Å²) in [6.07, 6.45) is 1.83. The van der Waals surface area contributed by atoms with E-state index in [0.29, 0.717) is 11.5 Å². The van der Waals surface area contributed by atoms with Crippen LogP contribution in [-0.2, 0) is 4.79 Å². The van der Waals surface area contributed by atoms with E-state index in [1.54, 1.807) is 31.4 Å². The van der Waals surface area contributed by atoms with Crippen LogP contribution in [0.25, 0.3) is 0 Å². The van der Waals surface area contributed by atoms with Crippen molar-refractivity contribution in [3.05, 3.63) is 29.8 Å². The molecule has 1 fully saturated rings. The predicted molar refractivity (Wildman–Crippen MR) is 65.4 cm³/mol. The highest BCUT2D eigenvalue weighted by Crippen LogP contribution is 2.09. The maximum absolute atomic E-state index is 10.2. The van der Waals surface area contributed by atoms with Crippen LogP contribution in [0.5, 0.6) is 5.75 Å². The smallest absolute Gasteiger partial charge is 0.150 e. The number of benzene rings is 1. The minimum atomic E-state index is 0.338. The molecule has 0 bridgehead atoms. The zero-order valence-corrected chi connectivity index (χ0v) is 10.1. The van der Waals surface area contributed by atoms with Gasteiger partial charge in [-0.25, -0.2) is 0 Å². The van der Waals surface area contributed by atoms with Gasteiger partial charge in [-0.3, -0.25) is 4.79 Å². The Kier molecular flexibility index (Phi) is 5.36. The minimum Gasteiger partial charge on any atom is -0.497 e. The van der Waals surface area contributed by atoms with Gasteiger partial charge in [0, 0.05) is 24.6 Å². The fourth-order valence-corrected chi connectivity index (χ4v) is 1.52. The highest BCUT2D eigenvalue weighted by Gasteiger charge is 2.21. The van der Waals surface area contributed by atoms with Gasteiger partial charge in [0.2, 0.25) is 0 Å². The van der Waals surface area contributed by atoms with Gasteiger partial charge >= 0.3 is 0 Å². The number of ether oxygens (including phenoxy) is 1. The van der Waals surface area contributed by atoms with Crippen molar-refractivity contribution in [1.82, 2.24) is 4.90 Å². The molecule has 1 aliphatic rings. The van der Waals surface area contributed by atoms with Gasteiger partial charge in [-0.15, -0.1) is 0 Å². The van der Waals surface area contributed by atoms with Crippen LogP contribution in [0.2, 0.25) is 0 Å². The molecule has 1 saturated heterocycles. The lowest BCUT2D eigenvalue weighted by atomic mass is 10.0. The van der Waals surface area contributed by atoms with Crippen LogP contribution in [0.4, 0.5) is 0 Å². The summed E-state index contributed by atoms with van der Waals surface area (Å²) in [5.41, 5.74) is 0.667. The van der Waals surface area contributed by atoms with Crippen LogP contribution in [-0.4, -0.2) is 44.7 Å². The van der Waals surface area contributed by atoms with Gasteiger partial charge in [-0.05, 0) is 31.3 Å². The molecule has 0 aliphatic carbocycles. The summed E-state index contributed by atoms with van der Waals surface area (Å²) < 4.78 is 4.90. The Labute approximate surface area is 101 Å². The first-order chi connectivity index (χ1) is 8.19. The summed E-state index contributed by atoms with van der Waals surface area (Å²) in [6.45, 7) is 1.92. The van der Waals surface area contributed by atoms with Crippen molar-refractivity contribution in [2.24, 2.45) is 5.92 Å². The molecular weight excluding hydrogens is 218 g/mol. The number of nitrogens with zero attached hydrogens (tertiary/aromatic N) is 1. The molecule has 1 heterocycles. The largest absolute Gasteiger partial charge is 0.497 e. The van der Waals surface area contributed by atoms with Gasteiger partial charge in [-0.1, -0.05) is 0 Å². The predicted octanol–water partition coefficient (Wildman–Crippen LogP) is 1.25. The van der Waals surface area contributed by atoms with Crippen molar-refractivity contribution in [2.45, 2.75) is 0 Å². The molecule has 0 radical (unpaired) electrons. The zero-order valence-electron chi connectivity index (χ0n) is 10.1. The molecule has 0 spiro atoms.